The van der Waals surface area contributed by atoms with Gasteiger partial charge in [0.25, 0.3) is 5.69 Å². The Morgan fingerprint density at radius 1 is 1.47 bits per heavy atom. The predicted molar refractivity (Wildman–Crippen MR) is 76.8 cm³/mol. The summed E-state index contributed by atoms with van der Waals surface area (Å²) in [6.45, 7) is 0. The number of rotatable bonds is 6. The highest BCUT2D eigenvalue weighted by Crippen LogP contribution is 2.30. The largest absolute Gasteiger partial charge is 0.349 e. The second-order valence-corrected chi connectivity index (χ2v) is 5.66. The first-order valence-corrected chi connectivity index (χ1v) is 7.05. The van der Waals surface area contributed by atoms with Crippen LogP contribution in [0.25, 0.3) is 0 Å². The smallest absolute Gasteiger partial charge is 0.270 e. The number of halogens is 1. The summed E-state index contributed by atoms with van der Waals surface area (Å²) in [5, 5.41) is 10.9. The van der Waals surface area contributed by atoms with Gasteiger partial charge in [-0.15, -0.1) is 11.8 Å². The van der Waals surface area contributed by atoms with Crippen LogP contribution >= 0.6 is 23.4 Å². The van der Waals surface area contributed by atoms with E-state index in [0.717, 1.165) is 17.1 Å². The molecule has 1 aromatic carbocycles. The van der Waals surface area contributed by atoms with Crippen LogP contribution in [-0.4, -0.2) is 35.6 Å². The fourth-order valence-electron chi connectivity index (χ4n) is 1.35. The highest BCUT2D eigenvalue weighted by molar-refractivity contribution is 7.99. The van der Waals surface area contributed by atoms with Gasteiger partial charge in [0, 0.05) is 37.5 Å². The average Bonchev–Trinajstić information content (AvgIpc) is 2.35. The SMILES string of the molecule is CN(C)C(=O)CCCSc1ccc([N+](=O)[O-])cc1Cl. The molecule has 0 saturated heterocycles. The van der Waals surface area contributed by atoms with Crippen LogP contribution in [0.15, 0.2) is 23.1 Å². The number of nitro benzene ring substituents is 1. The number of hydrogen-bond acceptors (Lipinski definition) is 4. The molecule has 5 nitrogen and oxygen atoms in total. The first-order chi connectivity index (χ1) is 8.91. The van der Waals surface area contributed by atoms with Crippen molar-refractivity contribution in [2.24, 2.45) is 0 Å². The molecule has 0 aromatic heterocycles. The van der Waals surface area contributed by atoms with Gasteiger partial charge in [0.1, 0.15) is 0 Å². The van der Waals surface area contributed by atoms with E-state index in [1.807, 2.05) is 0 Å². The van der Waals surface area contributed by atoms with E-state index in [1.54, 1.807) is 25.1 Å². The Bertz CT molecular complexity index is 480. The second kappa shape index (κ2) is 7.35. The number of hydrogen-bond donors (Lipinski definition) is 0. The van der Waals surface area contributed by atoms with Gasteiger partial charge in [-0.1, -0.05) is 11.6 Å². The van der Waals surface area contributed by atoms with Gasteiger partial charge in [0.05, 0.1) is 9.95 Å². The molecule has 1 amide bonds. The van der Waals surface area contributed by atoms with Gasteiger partial charge in [-0.2, -0.15) is 0 Å². The molecule has 7 heteroatoms. The van der Waals surface area contributed by atoms with E-state index in [2.05, 4.69) is 0 Å². The summed E-state index contributed by atoms with van der Waals surface area (Å²) in [5.41, 5.74) is -0.0165. The predicted octanol–water partition coefficient (Wildman–Crippen LogP) is 3.21. The molecule has 0 unspecified atom stereocenters. The molecule has 0 heterocycles. The highest BCUT2D eigenvalue weighted by atomic mass is 35.5. The molecule has 1 aromatic rings. The van der Waals surface area contributed by atoms with Crippen LogP contribution in [0.3, 0.4) is 0 Å². The molecule has 0 aliphatic heterocycles. The second-order valence-electron chi connectivity index (χ2n) is 4.11. The van der Waals surface area contributed by atoms with Crippen molar-refractivity contribution in [3.05, 3.63) is 33.3 Å². The van der Waals surface area contributed by atoms with Crippen LogP contribution in [0.4, 0.5) is 5.69 Å². The standard InChI is InChI=1S/C12H15ClN2O3S/c1-14(2)12(16)4-3-7-19-11-6-5-9(15(17)18)8-10(11)13/h5-6,8H,3-4,7H2,1-2H3. The van der Waals surface area contributed by atoms with Gasteiger partial charge in [-0.3, -0.25) is 14.9 Å². The van der Waals surface area contributed by atoms with Crippen molar-refractivity contribution in [3.8, 4) is 0 Å². The van der Waals surface area contributed by atoms with Crippen LogP contribution in [0.2, 0.25) is 5.02 Å². The molecule has 0 fully saturated rings. The van der Waals surface area contributed by atoms with Gasteiger partial charge < -0.3 is 4.90 Å². The minimum atomic E-state index is -0.476. The number of non-ortho nitro benzene ring substituents is 1. The van der Waals surface area contributed by atoms with E-state index in [-0.39, 0.29) is 11.6 Å². The lowest BCUT2D eigenvalue weighted by Gasteiger charge is -2.09. The molecule has 0 radical (unpaired) electrons. The van der Waals surface area contributed by atoms with E-state index in [1.165, 1.54) is 23.9 Å². The van der Waals surface area contributed by atoms with Crippen LogP contribution < -0.4 is 0 Å². The normalized spacial score (nSPS) is 10.3. The molecule has 0 atom stereocenters. The Labute approximate surface area is 121 Å². The Morgan fingerprint density at radius 2 is 2.16 bits per heavy atom. The summed E-state index contributed by atoms with van der Waals surface area (Å²) in [4.78, 5) is 23.8. The summed E-state index contributed by atoms with van der Waals surface area (Å²) < 4.78 is 0. The Balaban J connectivity index is 2.46. The summed E-state index contributed by atoms with van der Waals surface area (Å²) in [5.74, 6) is 0.840. The quantitative estimate of drug-likeness (QED) is 0.350. The number of amides is 1. The minimum absolute atomic E-state index is 0.0165. The third-order valence-corrected chi connectivity index (χ3v) is 4.00. The maximum atomic E-state index is 11.4. The van der Waals surface area contributed by atoms with Crippen molar-refractivity contribution in [3.63, 3.8) is 0 Å². The lowest BCUT2D eigenvalue weighted by molar-refractivity contribution is -0.384. The van der Waals surface area contributed by atoms with Crippen molar-refractivity contribution in [2.45, 2.75) is 17.7 Å². The molecule has 19 heavy (non-hydrogen) atoms. The van der Waals surface area contributed by atoms with E-state index in [0.29, 0.717) is 11.4 Å². The van der Waals surface area contributed by atoms with Crippen LogP contribution in [-0.2, 0) is 4.79 Å². The molecule has 0 aliphatic rings. The van der Waals surface area contributed by atoms with Gasteiger partial charge in [0.15, 0.2) is 0 Å². The third kappa shape index (κ3) is 5.08. The first kappa shape index (κ1) is 15.8. The van der Waals surface area contributed by atoms with Crippen molar-refractivity contribution < 1.29 is 9.72 Å². The maximum absolute atomic E-state index is 11.4. The molecule has 1 rings (SSSR count). The molecule has 0 saturated carbocycles. The summed E-state index contributed by atoms with van der Waals surface area (Å²) >= 11 is 7.46. The topological polar surface area (TPSA) is 63.5 Å². The average molecular weight is 303 g/mol. The highest BCUT2D eigenvalue weighted by Gasteiger charge is 2.10. The number of benzene rings is 1. The Hall–Kier alpha value is -1.27. The molecule has 0 spiro atoms. The third-order valence-electron chi connectivity index (χ3n) is 2.42. The number of carbonyl (C=O) groups excluding carboxylic acids is 1. The van der Waals surface area contributed by atoms with Crippen LogP contribution in [0.5, 0.6) is 0 Å². The number of carbonyl (C=O) groups is 1. The van der Waals surface area contributed by atoms with E-state index in [4.69, 9.17) is 11.6 Å². The fourth-order valence-corrected chi connectivity index (χ4v) is 2.56. The monoisotopic (exact) mass is 302 g/mol. The minimum Gasteiger partial charge on any atom is -0.349 e. The van der Waals surface area contributed by atoms with E-state index >= 15 is 0 Å². The van der Waals surface area contributed by atoms with Crippen molar-refractivity contribution in [1.82, 2.24) is 4.90 Å². The lowest BCUT2D eigenvalue weighted by Crippen LogP contribution is -2.21. The van der Waals surface area contributed by atoms with Gasteiger partial charge >= 0.3 is 0 Å². The molecule has 104 valence electrons. The van der Waals surface area contributed by atoms with Crippen molar-refractivity contribution in [2.75, 3.05) is 19.8 Å². The van der Waals surface area contributed by atoms with Crippen LogP contribution in [0.1, 0.15) is 12.8 Å². The Kier molecular flexibility index (Phi) is 6.11. The van der Waals surface area contributed by atoms with Gasteiger partial charge in [0.2, 0.25) is 5.91 Å². The first-order valence-electron chi connectivity index (χ1n) is 5.68. The van der Waals surface area contributed by atoms with Crippen molar-refractivity contribution >= 4 is 35.0 Å². The van der Waals surface area contributed by atoms with Gasteiger partial charge in [-0.25, -0.2) is 0 Å². The molecular formula is C12H15ClN2O3S. The van der Waals surface area contributed by atoms with Crippen molar-refractivity contribution in [1.29, 1.82) is 0 Å². The molecule has 0 bridgehead atoms. The lowest BCUT2D eigenvalue weighted by atomic mass is 10.3. The van der Waals surface area contributed by atoms with E-state index < -0.39 is 4.92 Å². The maximum Gasteiger partial charge on any atom is 0.270 e. The van der Waals surface area contributed by atoms with Gasteiger partial charge in [-0.05, 0) is 18.2 Å². The zero-order chi connectivity index (χ0) is 14.4. The summed E-state index contributed by atoms with van der Waals surface area (Å²) in [7, 11) is 3.45. The molecular weight excluding hydrogens is 288 g/mol. The molecule has 0 aliphatic carbocycles. The van der Waals surface area contributed by atoms with E-state index in [9.17, 15) is 14.9 Å². The number of thioether (sulfide) groups is 1. The van der Waals surface area contributed by atoms with Crippen LogP contribution in [0, 0.1) is 10.1 Å². The fraction of sp³-hybridized carbons (Fsp3) is 0.417. The summed E-state index contributed by atoms with van der Waals surface area (Å²) in [6, 6.07) is 4.41. The Morgan fingerprint density at radius 3 is 2.68 bits per heavy atom. The molecule has 0 N–H and O–H groups in total. The number of nitro groups is 1. The zero-order valence-electron chi connectivity index (χ0n) is 10.8. The number of nitrogens with zero attached hydrogens (tertiary/aromatic N) is 2. The zero-order valence-corrected chi connectivity index (χ0v) is 12.3. The summed E-state index contributed by atoms with van der Waals surface area (Å²) in [6.07, 6.45) is 1.24.